The summed E-state index contributed by atoms with van der Waals surface area (Å²) >= 11 is 0. The number of carboxylic acids is 2. The van der Waals surface area contributed by atoms with Crippen molar-refractivity contribution in [1.82, 2.24) is 0 Å². The van der Waals surface area contributed by atoms with Crippen molar-refractivity contribution in [3.63, 3.8) is 0 Å². The van der Waals surface area contributed by atoms with E-state index in [9.17, 15) is 19.8 Å². The average molecular weight is 286 g/mol. The molecule has 0 heterocycles. The van der Waals surface area contributed by atoms with Crippen molar-refractivity contribution in [1.29, 1.82) is 0 Å². The van der Waals surface area contributed by atoms with Crippen LogP contribution in [0.5, 0.6) is 0 Å². The molecule has 0 aromatic rings. The van der Waals surface area contributed by atoms with Gasteiger partial charge >= 0.3 is 48.4 Å². The molecule has 0 fully saturated rings. The van der Waals surface area contributed by atoms with Gasteiger partial charge in [0.15, 0.2) is 0 Å². The van der Waals surface area contributed by atoms with Gasteiger partial charge in [0.05, 0.1) is 17.4 Å². The third-order valence-electron chi connectivity index (χ3n) is 3.63. The monoisotopic (exact) mass is 286 g/mol. The minimum absolute atomic E-state index is 0. The maximum Gasteiger partial charge on any atom is 1.00 e. The predicted octanol–water partition coefficient (Wildman–Crippen LogP) is -5.11. The van der Waals surface area contributed by atoms with Crippen LogP contribution < -0.4 is 58.6 Å². The Labute approximate surface area is 156 Å². The van der Waals surface area contributed by atoms with Gasteiger partial charge in [0.1, 0.15) is 0 Å². The minimum Gasteiger partial charge on any atom is -0.549 e. The number of unbranched alkanes of at least 4 members (excludes halogenated alkanes) is 4. The summed E-state index contributed by atoms with van der Waals surface area (Å²) in [4.78, 5) is 22.6. The fourth-order valence-electron chi connectivity index (χ4n) is 2.27. The van der Waals surface area contributed by atoms with E-state index in [0.29, 0.717) is 6.42 Å². The van der Waals surface area contributed by atoms with Crippen LogP contribution in [0.25, 0.3) is 0 Å². The Morgan fingerprint density at radius 2 is 1.30 bits per heavy atom. The zero-order valence-electron chi connectivity index (χ0n) is 13.9. The second-order valence-electron chi connectivity index (χ2n) is 5.89. The molecule has 0 aliphatic heterocycles. The molecule has 0 spiro atoms. The topological polar surface area (TPSA) is 80.3 Å². The number of hydrogen-bond donors (Lipinski definition) is 0. The van der Waals surface area contributed by atoms with Gasteiger partial charge in [0.2, 0.25) is 0 Å². The van der Waals surface area contributed by atoms with Crippen LogP contribution in [-0.4, -0.2) is 11.9 Å². The summed E-state index contributed by atoms with van der Waals surface area (Å²) in [6.07, 6.45) is 4.65. The van der Waals surface area contributed by atoms with Gasteiger partial charge in [-0.15, -0.1) is 0 Å². The number of hydrogen-bond acceptors (Lipinski definition) is 4. The Morgan fingerprint density at radius 1 is 0.900 bits per heavy atom. The molecular formula is C14H24LiNaO4. The Morgan fingerprint density at radius 3 is 1.60 bits per heavy atom. The first-order chi connectivity index (χ1) is 8.20. The molecule has 0 N–H and O–H groups in total. The van der Waals surface area contributed by atoms with Crippen molar-refractivity contribution in [2.45, 2.75) is 66.2 Å². The molecule has 0 aromatic carbocycles. The maximum atomic E-state index is 11.3. The van der Waals surface area contributed by atoms with Gasteiger partial charge in [-0.05, 0) is 11.8 Å². The van der Waals surface area contributed by atoms with Crippen LogP contribution >= 0.6 is 0 Å². The molecule has 0 rings (SSSR count). The zero-order valence-corrected chi connectivity index (χ0v) is 15.9. The van der Waals surface area contributed by atoms with E-state index in [1.54, 1.807) is 20.8 Å². The first-order valence-electron chi connectivity index (χ1n) is 6.63. The van der Waals surface area contributed by atoms with Gasteiger partial charge in [-0.25, -0.2) is 0 Å². The van der Waals surface area contributed by atoms with Crippen molar-refractivity contribution >= 4 is 11.9 Å². The molecule has 0 amide bonds. The second kappa shape index (κ2) is 11.2. The molecule has 0 atom stereocenters. The largest absolute Gasteiger partial charge is 1.00 e. The van der Waals surface area contributed by atoms with Gasteiger partial charge < -0.3 is 19.8 Å². The van der Waals surface area contributed by atoms with Crippen LogP contribution in [0.1, 0.15) is 66.2 Å². The normalized spacial score (nSPS) is 11.2. The van der Waals surface area contributed by atoms with E-state index in [-0.39, 0.29) is 54.8 Å². The van der Waals surface area contributed by atoms with Crippen LogP contribution in [0, 0.1) is 10.8 Å². The Bertz CT molecular complexity index is 286. The van der Waals surface area contributed by atoms with Crippen LogP contribution in [0.4, 0.5) is 0 Å². The van der Waals surface area contributed by atoms with Crippen molar-refractivity contribution in [2.24, 2.45) is 10.8 Å². The molecular weight excluding hydrogens is 262 g/mol. The van der Waals surface area contributed by atoms with Crippen molar-refractivity contribution in [3.8, 4) is 0 Å². The van der Waals surface area contributed by atoms with E-state index in [1.165, 1.54) is 0 Å². The predicted molar refractivity (Wildman–Crippen MR) is 65.3 cm³/mol. The Balaban J connectivity index is -0.00000144. The second-order valence-corrected chi connectivity index (χ2v) is 5.89. The molecule has 0 saturated heterocycles. The summed E-state index contributed by atoms with van der Waals surface area (Å²) in [5, 5.41) is 22.6. The Kier molecular flexibility index (Phi) is 14.2. The number of carbonyl (C=O) groups excluding carboxylic acids is 2. The van der Waals surface area contributed by atoms with E-state index < -0.39 is 22.8 Å². The van der Waals surface area contributed by atoms with E-state index in [4.69, 9.17) is 0 Å². The zero-order chi connectivity index (χ0) is 14.4. The minimum atomic E-state index is -1.90. The Hall–Kier alpha value is 0.537. The van der Waals surface area contributed by atoms with Crippen molar-refractivity contribution < 1.29 is 68.2 Å². The molecule has 0 saturated carbocycles. The van der Waals surface area contributed by atoms with Crippen molar-refractivity contribution in [2.75, 3.05) is 0 Å². The molecule has 20 heavy (non-hydrogen) atoms. The van der Waals surface area contributed by atoms with E-state index >= 15 is 0 Å². The summed E-state index contributed by atoms with van der Waals surface area (Å²) in [7, 11) is 0. The van der Waals surface area contributed by atoms with Crippen LogP contribution in [-0.2, 0) is 9.59 Å². The number of carboxylic acid groups (broad SMARTS) is 2. The van der Waals surface area contributed by atoms with Gasteiger partial charge in [0, 0.05) is 0 Å². The SMILES string of the molecule is CCCCCCCC(C(=O)[O-])(C(=O)[O-])C(C)(C)C.[Li+].[Na+]. The molecule has 0 bridgehead atoms. The third-order valence-corrected chi connectivity index (χ3v) is 3.63. The maximum absolute atomic E-state index is 11.3. The number of carbonyl (C=O) groups is 2. The smallest absolute Gasteiger partial charge is 0.549 e. The van der Waals surface area contributed by atoms with Crippen molar-refractivity contribution in [3.05, 3.63) is 0 Å². The fourth-order valence-corrected chi connectivity index (χ4v) is 2.27. The molecule has 4 nitrogen and oxygen atoms in total. The van der Waals surface area contributed by atoms with Crippen LogP contribution in [0.15, 0.2) is 0 Å². The standard InChI is InChI=1S/C14H26O4.Li.Na/c1-5-6-7-8-9-10-14(11(15)16,12(17)18)13(2,3)4;;/h5-10H2,1-4H3,(H,15,16)(H,17,18);;/q;2*+1/p-2. The molecule has 6 heteroatoms. The van der Waals surface area contributed by atoms with E-state index in [0.717, 1.165) is 25.7 Å². The molecule has 0 aliphatic rings. The van der Waals surface area contributed by atoms with E-state index in [1.807, 2.05) is 0 Å². The number of rotatable bonds is 8. The van der Waals surface area contributed by atoms with Gasteiger partial charge in [-0.1, -0.05) is 59.8 Å². The van der Waals surface area contributed by atoms with Crippen LogP contribution in [0.2, 0.25) is 0 Å². The summed E-state index contributed by atoms with van der Waals surface area (Å²) in [6, 6.07) is 0. The fraction of sp³-hybridized carbons (Fsp3) is 0.857. The molecule has 0 radical (unpaired) electrons. The molecule has 106 valence electrons. The number of aliphatic carboxylic acids is 2. The summed E-state index contributed by atoms with van der Waals surface area (Å²) in [6.45, 7) is 6.89. The average Bonchev–Trinajstić information content (AvgIpc) is 2.20. The first-order valence-corrected chi connectivity index (χ1v) is 6.63. The summed E-state index contributed by atoms with van der Waals surface area (Å²) in [5.74, 6) is -3.07. The van der Waals surface area contributed by atoms with Gasteiger partial charge in [0.25, 0.3) is 0 Å². The summed E-state index contributed by atoms with van der Waals surface area (Å²) in [5.41, 5.74) is -2.82. The third kappa shape index (κ3) is 6.53. The molecule has 0 aliphatic carbocycles. The van der Waals surface area contributed by atoms with Gasteiger partial charge in [-0.3, -0.25) is 0 Å². The molecule has 0 aromatic heterocycles. The van der Waals surface area contributed by atoms with Crippen LogP contribution in [0.3, 0.4) is 0 Å². The van der Waals surface area contributed by atoms with Gasteiger partial charge in [-0.2, -0.15) is 0 Å². The summed E-state index contributed by atoms with van der Waals surface area (Å²) < 4.78 is 0. The quantitative estimate of drug-likeness (QED) is 0.254. The first kappa shape index (κ1) is 25.5. The molecule has 0 unspecified atom stereocenters. The van der Waals surface area contributed by atoms with E-state index in [2.05, 4.69) is 6.92 Å².